The fraction of sp³-hybridized carbons (Fsp3) is 0.364. The average molecular weight is 269 g/mol. The van der Waals surface area contributed by atoms with E-state index in [0.717, 1.165) is 23.1 Å². The van der Waals surface area contributed by atoms with E-state index in [1.165, 1.54) is 0 Å². The van der Waals surface area contributed by atoms with Gasteiger partial charge >= 0.3 is 0 Å². The Kier molecular flexibility index (Phi) is 2.95. The van der Waals surface area contributed by atoms with Crippen molar-refractivity contribution in [3.63, 3.8) is 0 Å². The minimum atomic E-state index is -0.0753. The normalized spacial score (nSPS) is 20.8. The number of benzene rings is 1. The second kappa shape index (κ2) is 4.23. The van der Waals surface area contributed by atoms with Gasteiger partial charge in [0.25, 0.3) is 0 Å². The molecule has 80 valence electrons. The minimum Gasteiger partial charge on any atom is -0.373 e. The summed E-state index contributed by atoms with van der Waals surface area (Å²) in [4.78, 5) is 13.4. The van der Waals surface area contributed by atoms with Crippen molar-refractivity contribution in [2.45, 2.75) is 12.5 Å². The van der Waals surface area contributed by atoms with E-state index in [9.17, 15) is 4.79 Å². The Morgan fingerprint density at radius 2 is 2.20 bits per heavy atom. The van der Waals surface area contributed by atoms with Crippen LogP contribution in [0.15, 0.2) is 28.7 Å². The molecule has 1 aromatic rings. The highest BCUT2D eigenvalue weighted by atomic mass is 79.9. The lowest BCUT2D eigenvalue weighted by Gasteiger charge is -2.14. The van der Waals surface area contributed by atoms with Crippen LogP contribution >= 0.6 is 15.9 Å². The number of carbonyl (C=O) groups is 1. The number of halogens is 1. The van der Waals surface area contributed by atoms with Crippen LogP contribution in [0.1, 0.15) is 6.42 Å². The zero-order chi connectivity index (χ0) is 10.8. The zero-order valence-electron chi connectivity index (χ0n) is 8.53. The van der Waals surface area contributed by atoms with Gasteiger partial charge in [0.1, 0.15) is 6.04 Å². The van der Waals surface area contributed by atoms with Gasteiger partial charge in [-0.15, -0.1) is 0 Å². The molecular weight excluding hydrogens is 256 g/mol. The van der Waals surface area contributed by atoms with Gasteiger partial charge in [-0.1, -0.05) is 12.1 Å². The van der Waals surface area contributed by atoms with Crippen molar-refractivity contribution >= 4 is 27.5 Å². The fourth-order valence-corrected chi connectivity index (χ4v) is 2.12. The van der Waals surface area contributed by atoms with E-state index in [0.29, 0.717) is 0 Å². The topological polar surface area (TPSA) is 32.3 Å². The predicted molar refractivity (Wildman–Crippen MR) is 63.8 cm³/mol. The third kappa shape index (κ3) is 2.15. The summed E-state index contributed by atoms with van der Waals surface area (Å²) < 4.78 is 0.993. The second-order valence-corrected chi connectivity index (χ2v) is 4.58. The molecule has 1 fully saturated rings. The van der Waals surface area contributed by atoms with E-state index < -0.39 is 0 Å². The van der Waals surface area contributed by atoms with Crippen LogP contribution in [-0.4, -0.2) is 30.4 Å². The van der Waals surface area contributed by atoms with E-state index in [2.05, 4.69) is 21.2 Å². The summed E-state index contributed by atoms with van der Waals surface area (Å²) >= 11 is 3.45. The summed E-state index contributed by atoms with van der Waals surface area (Å²) in [6, 6.07) is 7.77. The molecule has 1 aromatic carbocycles. The first-order chi connectivity index (χ1) is 7.18. The van der Waals surface area contributed by atoms with Gasteiger partial charge in [-0.05, 0) is 34.5 Å². The van der Waals surface area contributed by atoms with Crippen molar-refractivity contribution in [3.05, 3.63) is 28.7 Å². The van der Waals surface area contributed by atoms with E-state index in [-0.39, 0.29) is 11.9 Å². The molecule has 15 heavy (non-hydrogen) atoms. The molecule has 0 saturated carbocycles. The van der Waals surface area contributed by atoms with Crippen molar-refractivity contribution in [2.75, 3.05) is 18.9 Å². The van der Waals surface area contributed by atoms with Crippen molar-refractivity contribution in [3.8, 4) is 0 Å². The number of anilines is 1. The van der Waals surface area contributed by atoms with Crippen LogP contribution in [0.2, 0.25) is 0 Å². The largest absolute Gasteiger partial charge is 0.373 e. The molecule has 1 unspecified atom stereocenters. The van der Waals surface area contributed by atoms with Crippen LogP contribution in [-0.2, 0) is 4.79 Å². The molecule has 0 radical (unpaired) electrons. The molecule has 0 aliphatic carbocycles. The van der Waals surface area contributed by atoms with Crippen LogP contribution < -0.4 is 5.32 Å². The molecule has 1 amide bonds. The smallest absolute Gasteiger partial charge is 0.244 e. The van der Waals surface area contributed by atoms with Crippen molar-refractivity contribution < 1.29 is 4.79 Å². The first-order valence-electron chi connectivity index (χ1n) is 4.94. The third-order valence-corrected chi connectivity index (χ3v) is 3.32. The first kappa shape index (κ1) is 10.5. The summed E-state index contributed by atoms with van der Waals surface area (Å²) in [5, 5.41) is 3.25. The van der Waals surface area contributed by atoms with Crippen LogP contribution in [0.4, 0.5) is 5.69 Å². The quantitative estimate of drug-likeness (QED) is 0.891. The summed E-state index contributed by atoms with van der Waals surface area (Å²) in [5.74, 6) is 0.172. The molecule has 3 nitrogen and oxygen atoms in total. The predicted octanol–water partition coefficient (Wildman–Crippen LogP) is 2.09. The lowest BCUT2D eigenvalue weighted by atomic mass is 10.2. The lowest BCUT2D eigenvalue weighted by molar-refractivity contribution is -0.127. The number of hydrogen-bond donors (Lipinski definition) is 1. The molecule has 0 bridgehead atoms. The summed E-state index contributed by atoms with van der Waals surface area (Å²) in [6.45, 7) is 0.834. The number of nitrogens with one attached hydrogen (secondary N) is 1. The second-order valence-electron chi connectivity index (χ2n) is 3.73. The number of hydrogen-bond acceptors (Lipinski definition) is 2. The van der Waals surface area contributed by atoms with E-state index in [1.54, 1.807) is 4.90 Å². The molecule has 1 heterocycles. The SMILES string of the molecule is CN1CCC(Nc2ccccc2Br)C1=O. The molecule has 0 spiro atoms. The minimum absolute atomic E-state index is 0.0753. The number of amides is 1. The van der Waals surface area contributed by atoms with Crippen LogP contribution in [0.5, 0.6) is 0 Å². The lowest BCUT2D eigenvalue weighted by Crippen LogP contribution is -2.30. The van der Waals surface area contributed by atoms with Gasteiger partial charge in [0.2, 0.25) is 5.91 Å². The van der Waals surface area contributed by atoms with Crippen molar-refractivity contribution in [1.82, 2.24) is 4.90 Å². The van der Waals surface area contributed by atoms with Gasteiger partial charge in [0.05, 0.1) is 0 Å². The van der Waals surface area contributed by atoms with Crippen LogP contribution in [0.3, 0.4) is 0 Å². The molecular formula is C11H13BrN2O. The highest BCUT2D eigenvalue weighted by Gasteiger charge is 2.28. The summed E-state index contributed by atoms with van der Waals surface area (Å²) in [6.07, 6.45) is 0.872. The zero-order valence-corrected chi connectivity index (χ0v) is 10.1. The number of likely N-dealkylation sites (N-methyl/N-ethyl adjacent to an activating group) is 1. The highest BCUT2D eigenvalue weighted by Crippen LogP contribution is 2.24. The fourth-order valence-electron chi connectivity index (χ4n) is 1.72. The van der Waals surface area contributed by atoms with E-state index in [4.69, 9.17) is 0 Å². The number of likely N-dealkylation sites (tertiary alicyclic amines) is 1. The maximum Gasteiger partial charge on any atom is 0.244 e. The monoisotopic (exact) mass is 268 g/mol. The van der Waals surface area contributed by atoms with Gasteiger partial charge < -0.3 is 10.2 Å². The van der Waals surface area contributed by atoms with Crippen LogP contribution in [0.25, 0.3) is 0 Å². The van der Waals surface area contributed by atoms with Crippen molar-refractivity contribution in [2.24, 2.45) is 0 Å². The maximum atomic E-state index is 11.7. The average Bonchev–Trinajstić information content (AvgIpc) is 2.53. The Balaban J connectivity index is 2.10. The molecule has 2 rings (SSSR count). The molecule has 0 aromatic heterocycles. The highest BCUT2D eigenvalue weighted by molar-refractivity contribution is 9.10. The Morgan fingerprint density at radius 3 is 2.80 bits per heavy atom. The molecule has 1 N–H and O–H groups in total. The standard InChI is InChI=1S/C11H13BrN2O/c1-14-7-6-10(11(14)15)13-9-5-3-2-4-8(9)12/h2-5,10,13H,6-7H2,1H3. The first-order valence-corrected chi connectivity index (χ1v) is 5.74. The number of nitrogens with zero attached hydrogens (tertiary/aromatic N) is 1. The van der Waals surface area contributed by atoms with Gasteiger partial charge in [-0.25, -0.2) is 0 Å². The molecule has 1 atom stereocenters. The Labute approximate surface area is 97.6 Å². The van der Waals surface area contributed by atoms with Gasteiger partial charge in [0, 0.05) is 23.8 Å². The molecule has 1 aliphatic rings. The number of rotatable bonds is 2. The summed E-state index contributed by atoms with van der Waals surface area (Å²) in [5.41, 5.74) is 0.978. The third-order valence-electron chi connectivity index (χ3n) is 2.63. The van der Waals surface area contributed by atoms with E-state index >= 15 is 0 Å². The Bertz CT molecular complexity index is 381. The Morgan fingerprint density at radius 1 is 1.47 bits per heavy atom. The van der Waals surface area contributed by atoms with Crippen molar-refractivity contribution in [1.29, 1.82) is 0 Å². The Hall–Kier alpha value is -1.03. The number of para-hydroxylation sites is 1. The molecule has 4 heteroatoms. The van der Waals surface area contributed by atoms with Gasteiger partial charge in [0.15, 0.2) is 0 Å². The summed E-state index contributed by atoms with van der Waals surface area (Å²) in [7, 11) is 1.84. The maximum absolute atomic E-state index is 11.7. The molecule has 1 aliphatic heterocycles. The van der Waals surface area contributed by atoms with Gasteiger partial charge in [-0.2, -0.15) is 0 Å². The number of carbonyl (C=O) groups excluding carboxylic acids is 1. The van der Waals surface area contributed by atoms with Gasteiger partial charge in [-0.3, -0.25) is 4.79 Å². The molecule has 1 saturated heterocycles. The van der Waals surface area contributed by atoms with Crippen LogP contribution in [0, 0.1) is 0 Å². The van der Waals surface area contributed by atoms with E-state index in [1.807, 2.05) is 31.3 Å².